The molecule has 0 unspecified atom stereocenters. The molecule has 0 saturated heterocycles. The molecule has 4 rings (SSSR count). The van der Waals surface area contributed by atoms with E-state index in [2.05, 4.69) is 10.5 Å². The minimum Gasteiger partial charge on any atom is -0.325 e. The summed E-state index contributed by atoms with van der Waals surface area (Å²) in [5.41, 5.74) is 2.36. The molecule has 0 aliphatic carbocycles. The molecule has 0 radical (unpaired) electrons. The minimum atomic E-state index is -1.12. The quantitative estimate of drug-likeness (QED) is 0.453. The SMILES string of the molecule is CC(=O)[C@@H](C(=O)Nc1ccccc1)[C@H](c1ccccc1)[C@H]1C(=O)ON=C1c1ccccc1. The Morgan fingerprint density at radius 3 is 2.03 bits per heavy atom. The van der Waals surface area contributed by atoms with E-state index in [0.717, 1.165) is 0 Å². The van der Waals surface area contributed by atoms with Crippen molar-refractivity contribution < 1.29 is 19.2 Å². The third kappa shape index (κ3) is 4.34. The van der Waals surface area contributed by atoms with Crippen LogP contribution in [0, 0.1) is 11.8 Å². The first-order valence-corrected chi connectivity index (χ1v) is 10.3. The molecule has 0 saturated carbocycles. The largest absolute Gasteiger partial charge is 0.344 e. The van der Waals surface area contributed by atoms with Gasteiger partial charge in [0.05, 0.1) is 0 Å². The molecule has 1 aliphatic heterocycles. The number of nitrogens with zero attached hydrogens (tertiary/aromatic N) is 1. The van der Waals surface area contributed by atoms with Gasteiger partial charge in [0.15, 0.2) is 0 Å². The van der Waals surface area contributed by atoms with Crippen LogP contribution in [0.1, 0.15) is 24.0 Å². The summed E-state index contributed by atoms with van der Waals surface area (Å²) in [4.78, 5) is 44.2. The van der Waals surface area contributed by atoms with Gasteiger partial charge in [-0.15, -0.1) is 0 Å². The highest BCUT2D eigenvalue weighted by Gasteiger charge is 2.47. The van der Waals surface area contributed by atoms with Gasteiger partial charge < -0.3 is 10.2 Å². The molecule has 1 aliphatic rings. The molecule has 1 heterocycles. The molecule has 1 amide bonds. The van der Waals surface area contributed by atoms with Gasteiger partial charge >= 0.3 is 5.97 Å². The first-order chi connectivity index (χ1) is 15.6. The lowest BCUT2D eigenvalue weighted by molar-refractivity contribution is -0.144. The van der Waals surface area contributed by atoms with Crippen molar-refractivity contribution in [3.8, 4) is 0 Å². The van der Waals surface area contributed by atoms with E-state index in [-0.39, 0.29) is 5.78 Å². The lowest BCUT2D eigenvalue weighted by atomic mass is 9.72. The fourth-order valence-electron chi connectivity index (χ4n) is 4.07. The highest BCUT2D eigenvalue weighted by atomic mass is 16.7. The van der Waals surface area contributed by atoms with Crippen LogP contribution in [-0.4, -0.2) is 23.4 Å². The second-order valence-corrected chi connectivity index (χ2v) is 7.61. The molecule has 3 aromatic carbocycles. The highest BCUT2D eigenvalue weighted by Crippen LogP contribution is 2.39. The summed E-state index contributed by atoms with van der Waals surface area (Å²) in [6.45, 7) is 1.37. The number of hydrogen-bond acceptors (Lipinski definition) is 5. The van der Waals surface area contributed by atoms with E-state index >= 15 is 0 Å². The summed E-state index contributed by atoms with van der Waals surface area (Å²) in [6.07, 6.45) is 0. The summed E-state index contributed by atoms with van der Waals surface area (Å²) in [6, 6.07) is 27.2. The van der Waals surface area contributed by atoms with Gasteiger partial charge in [-0.25, -0.2) is 4.79 Å². The van der Waals surface area contributed by atoms with Gasteiger partial charge in [0.1, 0.15) is 23.3 Å². The van der Waals surface area contributed by atoms with E-state index in [4.69, 9.17) is 4.84 Å². The smallest absolute Gasteiger partial charge is 0.325 e. The van der Waals surface area contributed by atoms with E-state index < -0.39 is 29.6 Å². The summed E-state index contributed by atoms with van der Waals surface area (Å²) in [5.74, 6) is -4.23. The van der Waals surface area contributed by atoms with Crippen LogP contribution in [0.15, 0.2) is 96.2 Å². The number of amides is 1. The van der Waals surface area contributed by atoms with Crippen LogP contribution in [0.4, 0.5) is 5.69 Å². The fraction of sp³-hybridized carbons (Fsp3) is 0.154. The van der Waals surface area contributed by atoms with Gasteiger partial charge in [-0.05, 0) is 24.6 Å². The van der Waals surface area contributed by atoms with Crippen molar-refractivity contribution in [2.24, 2.45) is 17.0 Å². The lowest BCUT2D eigenvalue weighted by Crippen LogP contribution is -2.40. The molecule has 6 heteroatoms. The zero-order valence-electron chi connectivity index (χ0n) is 17.5. The first kappa shape index (κ1) is 21.2. The molecule has 0 bridgehead atoms. The van der Waals surface area contributed by atoms with Crippen molar-refractivity contribution >= 4 is 29.1 Å². The van der Waals surface area contributed by atoms with Crippen LogP contribution in [0.25, 0.3) is 0 Å². The molecule has 0 fully saturated rings. The van der Waals surface area contributed by atoms with Crippen LogP contribution < -0.4 is 5.32 Å². The number of ketones is 1. The second kappa shape index (κ2) is 9.39. The summed E-state index contributed by atoms with van der Waals surface area (Å²) >= 11 is 0. The van der Waals surface area contributed by atoms with Crippen LogP contribution >= 0.6 is 0 Å². The highest BCUT2D eigenvalue weighted by molar-refractivity contribution is 6.16. The maximum absolute atomic E-state index is 13.4. The lowest BCUT2D eigenvalue weighted by Gasteiger charge is -2.28. The van der Waals surface area contributed by atoms with Crippen molar-refractivity contribution in [2.45, 2.75) is 12.8 Å². The summed E-state index contributed by atoms with van der Waals surface area (Å²) in [7, 11) is 0. The average molecular weight is 426 g/mol. The van der Waals surface area contributed by atoms with E-state index in [1.165, 1.54) is 6.92 Å². The Bertz CT molecular complexity index is 1140. The second-order valence-electron chi connectivity index (χ2n) is 7.61. The molecule has 3 atom stereocenters. The maximum atomic E-state index is 13.4. The Morgan fingerprint density at radius 2 is 1.44 bits per heavy atom. The van der Waals surface area contributed by atoms with Crippen LogP contribution in [0.5, 0.6) is 0 Å². The van der Waals surface area contributed by atoms with Gasteiger partial charge in [-0.3, -0.25) is 9.59 Å². The fourth-order valence-corrected chi connectivity index (χ4v) is 4.07. The molecule has 32 heavy (non-hydrogen) atoms. The summed E-state index contributed by atoms with van der Waals surface area (Å²) in [5, 5.41) is 6.84. The number of Topliss-reactive ketones (excluding diaryl/α,β-unsaturated/α-hetero) is 1. The van der Waals surface area contributed by atoms with E-state index in [1.54, 1.807) is 24.3 Å². The number of carbonyl (C=O) groups excluding carboxylic acids is 3. The van der Waals surface area contributed by atoms with Gasteiger partial charge in [-0.1, -0.05) is 84.0 Å². The zero-order valence-corrected chi connectivity index (χ0v) is 17.5. The van der Waals surface area contributed by atoms with Gasteiger partial charge in [-0.2, -0.15) is 0 Å². The van der Waals surface area contributed by atoms with Crippen molar-refractivity contribution in [1.82, 2.24) is 0 Å². The van der Waals surface area contributed by atoms with Crippen molar-refractivity contribution in [1.29, 1.82) is 0 Å². The number of anilines is 1. The van der Waals surface area contributed by atoms with Gasteiger partial charge in [0, 0.05) is 17.2 Å². The number of oxime groups is 1. The molecule has 3 aromatic rings. The van der Waals surface area contributed by atoms with E-state index in [0.29, 0.717) is 22.5 Å². The Kier molecular flexibility index (Phi) is 6.22. The van der Waals surface area contributed by atoms with Gasteiger partial charge in [0.2, 0.25) is 5.91 Å². The van der Waals surface area contributed by atoms with E-state index in [1.807, 2.05) is 66.7 Å². The predicted octanol–water partition coefficient (Wildman–Crippen LogP) is 4.19. The number of nitrogens with one attached hydrogen (secondary N) is 1. The molecule has 0 aromatic heterocycles. The Morgan fingerprint density at radius 1 is 0.875 bits per heavy atom. The van der Waals surface area contributed by atoms with Crippen molar-refractivity contribution in [3.63, 3.8) is 0 Å². The van der Waals surface area contributed by atoms with Crippen molar-refractivity contribution in [2.75, 3.05) is 5.32 Å². The number of carbonyl (C=O) groups is 3. The first-order valence-electron chi connectivity index (χ1n) is 10.3. The average Bonchev–Trinajstić information content (AvgIpc) is 3.19. The monoisotopic (exact) mass is 426 g/mol. The third-order valence-corrected chi connectivity index (χ3v) is 5.52. The Balaban J connectivity index is 1.79. The molecule has 1 N–H and O–H groups in total. The molecule has 0 spiro atoms. The Hall–Kier alpha value is -4.06. The van der Waals surface area contributed by atoms with Crippen LogP contribution in [0.2, 0.25) is 0 Å². The zero-order chi connectivity index (χ0) is 22.5. The number of hydrogen-bond donors (Lipinski definition) is 1. The standard InChI is InChI=1S/C26H22N2O4/c1-17(29)21(25(30)27-20-15-9-4-10-16-20)22(18-11-5-2-6-12-18)23-24(28-32-26(23)31)19-13-7-3-8-14-19/h2-16,21-23H,1H3,(H,27,30)/t21-,22+,23-/m1/s1. The normalized spacial score (nSPS) is 17.1. The molecule has 6 nitrogen and oxygen atoms in total. The summed E-state index contributed by atoms with van der Waals surface area (Å²) < 4.78 is 0. The maximum Gasteiger partial charge on any atom is 0.344 e. The van der Waals surface area contributed by atoms with Gasteiger partial charge in [0.25, 0.3) is 0 Å². The number of benzene rings is 3. The molecule has 160 valence electrons. The third-order valence-electron chi connectivity index (χ3n) is 5.52. The number of para-hydroxylation sites is 1. The van der Waals surface area contributed by atoms with Crippen LogP contribution in [0.3, 0.4) is 0 Å². The van der Waals surface area contributed by atoms with Crippen molar-refractivity contribution in [3.05, 3.63) is 102 Å². The number of rotatable bonds is 7. The topological polar surface area (TPSA) is 84.8 Å². The van der Waals surface area contributed by atoms with E-state index in [9.17, 15) is 14.4 Å². The molecular weight excluding hydrogens is 404 g/mol. The minimum absolute atomic E-state index is 0.348. The van der Waals surface area contributed by atoms with Crippen LogP contribution in [-0.2, 0) is 19.2 Å². The molecular formula is C26H22N2O4. The Labute approximate surface area is 185 Å². The predicted molar refractivity (Wildman–Crippen MR) is 121 cm³/mol.